The fraction of sp³-hybridized carbons (Fsp3) is 0.182. The van der Waals surface area contributed by atoms with Crippen LogP contribution in [0.3, 0.4) is 0 Å². The summed E-state index contributed by atoms with van der Waals surface area (Å²) in [6.45, 7) is 1.32. The molecule has 3 nitrogen and oxygen atoms in total. The smallest absolute Gasteiger partial charge is 0.162 e. The predicted octanol–water partition coefficient (Wildman–Crippen LogP) is 4.99. The molecule has 0 spiro atoms. The van der Waals surface area contributed by atoms with Crippen LogP contribution in [0.1, 0.15) is 18.1 Å². The van der Waals surface area contributed by atoms with Gasteiger partial charge in [0.2, 0.25) is 0 Å². The van der Waals surface area contributed by atoms with Gasteiger partial charge in [-0.2, -0.15) is 0 Å². The van der Waals surface area contributed by atoms with Crippen molar-refractivity contribution in [3.05, 3.63) is 95.6 Å². The Morgan fingerprint density at radius 3 is 1.84 bits per heavy atom. The number of methoxy groups -OCH3 is 1. The van der Waals surface area contributed by atoms with E-state index in [1.807, 2.05) is 78.9 Å². The molecule has 3 aromatic carbocycles. The van der Waals surface area contributed by atoms with Crippen LogP contribution in [-0.2, 0) is 24.6 Å². The Morgan fingerprint density at radius 1 is 0.640 bits per heavy atom. The first kappa shape index (κ1) is 15.7. The second-order valence-corrected chi connectivity index (χ2v) is 5.68. The molecule has 0 unspecified atom stereocenters. The Morgan fingerprint density at radius 2 is 1.24 bits per heavy atom. The number of hydrogen-bond donors (Lipinski definition) is 0. The minimum atomic E-state index is -0.0630. The third-order valence-corrected chi connectivity index (χ3v) is 3.75. The molecule has 0 aliphatic carbocycles. The highest BCUT2D eigenvalue weighted by atomic mass is 16.5. The van der Waals surface area contributed by atoms with Crippen LogP contribution in [0.5, 0.6) is 11.5 Å². The zero-order valence-electron chi connectivity index (χ0n) is 15.1. The maximum Gasteiger partial charge on any atom is 0.162 e. The lowest BCUT2D eigenvalue weighted by Gasteiger charge is -2.14. The molecule has 25 heavy (non-hydrogen) atoms. The van der Waals surface area contributed by atoms with Crippen molar-refractivity contribution in [2.24, 2.45) is 0 Å². The second kappa shape index (κ2) is 8.90. The van der Waals surface area contributed by atoms with Crippen LogP contribution in [0.4, 0.5) is 0 Å². The minimum Gasteiger partial charge on any atom is -0.485 e. The van der Waals surface area contributed by atoms with Crippen LogP contribution in [0.25, 0.3) is 0 Å². The van der Waals surface area contributed by atoms with Gasteiger partial charge in [-0.1, -0.05) is 66.7 Å². The van der Waals surface area contributed by atoms with E-state index in [2.05, 4.69) is 0 Å². The number of ether oxygens (including phenoxy) is 3. The molecule has 0 aliphatic rings. The lowest BCUT2D eigenvalue weighted by atomic mass is 10.2. The van der Waals surface area contributed by atoms with Gasteiger partial charge in [0.05, 0.1) is 7.98 Å². The van der Waals surface area contributed by atoms with Crippen LogP contribution >= 0.6 is 0 Å². The molecule has 0 amide bonds. The first-order valence-corrected chi connectivity index (χ1v) is 8.18. The fourth-order valence-corrected chi connectivity index (χ4v) is 2.46. The molecule has 0 heterocycles. The first-order valence-electron chi connectivity index (χ1n) is 8.89. The van der Waals surface area contributed by atoms with Crippen molar-refractivity contribution in [2.45, 2.75) is 19.8 Å². The highest BCUT2D eigenvalue weighted by Gasteiger charge is 2.08. The van der Waals surface area contributed by atoms with Gasteiger partial charge in [-0.05, 0) is 28.8 Å². The molecule has 3 aromatic rings. The molecule has 0 saturated carbocycles. The summed E-state index contributed by atoms with van der Waals surface area (Å²) in [6.07, 6.45) is 0. The van der Waals surface area contributed by atoms with Crippen molar-refractivity contribution in [1.82, 2.24) is 0 Å². The SMILES string of the molecule is [3H]COCc1ccc(OCc2ccccc2)c(OCc2ccccc2)c1. The van der Waals surface area contributed by atoms with Crippen LogP contribution in [0.15, 0.2) is 78.9 Å². The number of benzene rings is 3. The Labute approximate surface area is 150 Å². The van der Waals surface area contributed by atoms with Gasteiger partial charge in [0, 0.05) is 7.09 Å². The lowest BCUT2D eigenvalue weighted by Crippen LogP contribution is -2.01. The summed E-state index contributed by atoms with van der Waals surface area (Å²) in [5.74, 6) is 1.37. The molecule has 0 bridgehead atoms. The van der Waals surface area contributed by atoms with Gasteiger partial charge >= 0.3 is 0 Å². The standard InChI is InChI=1S/C22H22O3/c1-23-15-20-12-13-21(24-16-18-8-4-2-5-9-18)22(14-20)25-17-19-10-6-3-7-11-19/h2-14H,15-17H2,1H3/i1T. The van der Waals surface area contributed by atoms with Crippen LogP contribution in [0.2, 0.25) is 0 Å². The fourth-order valence-electron chi connectivity index (χ4n) is 2.46. The predicted molar refractivity (Wildman–Crippen MR) is 98.7 cm³/mol. The lowest BCUT2D eigenvalue weighted by molar-refractivity contribution is 0.184. The summed E-state index contributed by atoms with van der Waals surface area (Å²) in [5.41, 5.74) is 3.14. The summed E-state index contributed by atoms with van der Waals surface area (Å²) < 4.78 is 24.3. The van der Waals surface area contributed by atoms with Crippen molar-refractivity contribution in [2.75, 3.05) is 7.09 Å². The molecular weight excluding hydrogens is 312 g/mol. The Balaban J connectivity index is 1.73. The summed E-state index contributed by atoms with van der Waals surface area (Å²) in [7, 11) is -0.0630. The molecule has 0 atom stereocenters. The number of rotatable bonds is 8. The molecule has 0 aliphatic heterocycles. The third-order valence-electron chi connectivity index (χ3n) is 3.75. The summed E-state index contributed by atoms with van der Waals surface area (Å²) in [4.78, 5) is 0. The van der Waals surface area contributed by atoms with Gasteiger partial charge in [0.15, 0.2) is 11.5 Å². The van der Waals surface area contributed by atoms with Crippen LogP contribution < -0.4 is 9.47 Å². The van der Waals surface area contributed by atoms with E-state index in [4.69, 9.17) is 15.6 Å². The largest absolute Gasteiger partial charge is 0.485 e. The van der Waals surface area contributed by atoms with Crippen molar-refractivity contribution < 1.29 is 15.6 Å². The van der Waals surface area contributed by atoms with Crippen LogP contribution in [0, 0.1) is 0 Å². The maximum atomic E-state index is 7.12. The van der Waals surface area contributed by atoms with Crippen molar-refractivity contribution in [3.8, 4) is 11.5 Å². The van der Waals surface area contributed by atoms with E-state index in [1.165, 1.54) is 0 Å². The van der Waals surface area contributed by atoms with Gasteiger partial charge < -0.3 is 14.2 Å². The van der Waals surface area contributed by atoms with Gasteiger partial charge in [-0.3, -0.25) is 0 Å². The molecule has 0 fully saturated rings. The molecule has 0 N–H and O–H groups in total. The zero-order chi connectivity index (χ0) is 18.0. The average Bonchev–Trinajstić information content (AvgIpc) is 2.71. The normalized spacial score (nSPS) is 11.0. The average molecular weight is 336 g/mol. The quantitative estimate of drug-likeness (QED) is 0.580. The highest BCUT2D eigenvalue weighted by molar-refractivity contribution is 5.43. The number of hydrogen-bond acceptors (Lipinski definition) is 3. The van der Waals surface area contributed by atoms with Crippen molar-refractivity contribution >= 4 is 0 Å². The second-order valence-electron chi connectivity index (χ2n) is 5.68. The summed E-state index contributed by atoms with van der Waals surface area (Å²) in [6, 6.07) is 25.8. The van der Waals surface area contributed by atoms with Crippen molar-refractivity contribution in [3.63, 3.8) is 0 Å². The van der Waals surface area contributed by atoms with E-state index >= 15 is 0 Å². The van der Waals surface area contributed by atoms with E-state index in [-0.39, 0.29) is 7.09 Å². The molecule has 3 rings (SSSR count). The molecule has 3 heteroatoms. The molecule has 0 aromatic heterocycles. The molecule has 0 radical (unpaired) electrons. The van der Waals surface area contributed by atoms with Gasteiger partial charge in [-0.25, -0.2) is 0 Å². The zero-order valence-corrected chi connectivity index (χ0v) is 14.1. The van der Waals surface area contributed by atoms with E-state index < -0.39 is 0 Å². The highest BCUT2D eigenvalue weighted by Crippen LogP contribution is 2.30. The summed E-state index contributed by atoms with van der Waals surface area (Å²) in [5, 5.41) is 0. The third kappa shape index (κ3) is 5.10. The minimum absolute atomic E-state index is 0.0630. The Bertz CT molecular complexity index is 791. The first-order chi connectivity index (χ1) is 12.8. The Kier molecular flexibility index (Phi) is 5.60. The topological polar surface area (TPSA) is 27.7 Å². The van der Waals surface area contributed by atoms with E-state index in [9.17, 15) is 0 Å². The van der Waals surface area contributed by atoms with Crippen molar-refractivity contribution in [1.29, 1.82) is 0 Å². The van der Waals surface area contributed by atoms with E-state index in [0.717, 1.165) is 16.7 Å². The molecule has 0 saturated heterocycles. The van der Waals surface area contributed by atoms with Crippen LogP contribution in [-0.4, -0.2) is 7.09 Å². The van der Waals surface area contributed by atoms with Gasteiger partial charge in [-0.15, -0.1) is 0 Å². The molecular formula is C22H22O3. The van der Waals surface area contributed by atoms with E-state index in [0.29, 0.717) is 31.3 Å². The van der Waals surface area contributed by atoms with Gasteiger partial charge in [0.1, 0.15) is 13.2 Å². The summed E-state index contributed by atoms with van der Waals surface area (Å²) >= 11 is 0. The van der Waals surface area contributed by atoms with Gasteiger partial charge in [0.25, 0.3) is 0 Å². The maximum absolute atomic E-state index is 7.12. The Hall–Kier alpha value is -2.78. The monoisotopic (exact) mass is 336 g/mol. The molecule has 128 valence electrons. The van der Waals surface area contributed by atoms with E-state index in [1.54, 1.807) is 0 Å².